The Labute approximate surface area is 179 Å². The first-order valence-electron chi connectivity index (χ1n) is 9.83. The molecule has 1 N–H and O–H groups in total. The van der Waals surface area contributed by atoms with E-state index in [0.717, 1.165) is 21.7 Å². The normalized spacial score (nSPS) is 14.5. The average molecular weight is 418 g/mol. The number of imide groups is 1. The van der Waals surface area contributed by atoms with Crippen LogP contribution in [0.5, 0.6) is 0 Å². The Morgan fingerprint density at radius 2 is 1.84 bits per heavy atom. The number of hydrogen-bond donors (Lipinski definition) is 1. The number of carbonyl (C=O) groups is 3. The van der Waals surface area contributed by atoms with Gasteiger partial charge in [0.25, 0.3) is 5.91 Å². The van der Waals surface area contributed by atoms with Gasteiger partial charge >= 0.3 is 6.03 Å². The first kappa shape index (κ1) is 20.3. The van der Waals surface area contributed by atoms with Crippen LogP contribution in [0.4, 0.5) is 4.79 Å². The van der Waals surface area contributed by atoms with Gasteiger partial charge in [0.2, 0.25) is 5.91 Å². The molecule has 0 spiro atoms. The van der Waals surface area contributed by atoms with Gasteiger partial charge in [-0.1, -0.05) is 24.3 Å². The Balaban J connectivity index is 1.42. The van der Waals surface area contributed by atoms with Gasteiger partial charge in [-0.25, -0.2) is 14.5 Å². The van der Waals surface area contributed by atoms with Crippen LogP contribution in [0.1, 0.15) is 34.5 Å². The highest BCUT2D eigenvalue weighted by atomic mass is 16.2. The molecule has 0 radical (unpaired) electrons. The number of hydrogen-bond acceptors (Lipinski definition) is 5. The van der Waals surface area contributed by atoms with Crippen LogP contribution < -0.4 is 5.32 Å². The fourth-order valence-corrected chi connectivity index (χ4v) is 3.40. The fraction of sp³-hybridized carbons (Fsp3) is 0.227. The molecule has 4 amide bonds. The van der Waals surface area contributed by atoms with Crippen molar-refractivity contribution in [1.82, 2.24) is 29.9 Å². The molecule has 1 atom stereocenters. The van der Waals surface area contributed by atoms with Crippen LogP contribution in [0.3, 0.4) is 0 Å². The van der Waals surface area contributed by atoms with Crippen molar-refractivity contribution in [3.8, 4) is 5.69 Å². The summed E-state index contributed by atoms with van der Waals surface area (Å²) in [6, 6.07) is 14.2. The van der Waals surface area contributed by atoms with E-state index < -0.39 is 6.03 Å². The molecule has 0 bridgehead atoms. The first-order chi connectivity index (χ1) is 14.9. The van der Waals surface area contributed by atoms with E-state index in [4.69, 9.17) is 0 Å². The lowest BCUT2D eigenvalue weighted by Crippen LogP contribution is -2.30. The van der Waals surface area contributed by atoms with Crippen molar-refractivity contribution in [1.29, 1.82) is 0 Å². The molecule has 31 heavy (non-hydrogen) atoms. The number of carbonyl (C=O) groups excluding carboxylic acids is 3. The average Bonchev–Trinajstić information content (AvgIpc) is 3.44. The Morgan fingerprint density at radius 1 is 1.13 bits per heavy atom. The Bertz CT molecular complexity index is 1080. The lowest BCUT2D eigenvalue weighted by Gasteiger charge is -2.26. The maximum Gasteiger partial charge on any atom is 0.324 e. The van der Waals surface area contributed by atoms with Crippen LogP contribution in [-0.2, 0) is 11.3 Å². The Hall–Kier alpha value is -4.01. The summed E-state index contributed by atoms with van der Waals surface area (Å²) in [5.74, 6) is -0.372. The molecule has 1 aromatic heterocycles. The van der Waals surface area contributed by atoms with Crippen LogP contribution >= 0.6 is 0 Å². The summed E-state index contributed by atoms with van der Waals surface area (Å²) >= 11 is 0. The van der Waals surface area contributed by atoms with Crippen LogP contribution in [0.2, 0.25) is 0 Å². The second-order valence-electron chi connectivity index (χ2n) is 7.36. The maximum atomic E-state index is 12.9. The van der Waals surface area contributed by atoms with Crippen molar-refractivity contribution in [3.63, 3.8) is 0 Å². The van der Waals surface area contributed by atoms with Gasteiger partial charge in [0.1, 0.15) is 12.7 Å². The number of nitrogens with one attached hydrogen (secondary N) is 1. The Morgan fingerprint density at radius 3 is 2.42 bits per heavy atom. The molecule has 0 unspecified atom stereocenters. The van der Waals surface area contributed by atoms with E-state index in [1.54, 1.807) is 47.2 Å². The van der Waals surface area contributed by atoms with Crippen molar-refractivity contribution in [3.05, 3.63) is 77.9 Å². The van der Waals surface area contributed by atoms with E-state index in [2.05, 4.69) is 15.4 Å². The molecule has 1 saturated heterocycles. The van der Waals surface area contributed by atoms with E-state index in [1.807, 2.05) is 31.2 Å². The minimum absolute atomic E-state index is 0.0257. The third-order valence-corrected chi connectivity index (χ3v) is 5.44. The summed E-state index contributed by atoms with van der Waals surface area (Å²) < 4.78 is 1.67. The molecule has 9 heteroatoms. The van der Waals surface area contributed by atoms with Crippen molar-refractivity contribution < 1.29 is 14.4 Å². The molecular weight excluding hydrogens is 396 g/mol. The third kappa shape index (κ3) is 4.16. The number of urea groups is 1. The molecule has 158 valence electrons. The molecule has 4 rings (SSSR count). The second-order valence-corrected chi connectivity index (χ2v) is 7.36. The molecule has 1 aliphatic heterocycles. The van der Waals surface area contributed by atoms with Gasteiger partial charge in [0, 0.05) is 12.6 Å². The Kier molecular flexibility index (Phi) is 5.48. The minimum Gasteiger partial charge on any atom is -0.335 e. The molecule has 2 aromatic carbocycles. The van der Waals surface area contributed by atoms with Crippen LogP contribution in [0.15, 0.2) is 61.2 Å². The molecule has 1 aliphatic rings. The fourth-order valence-electron chi connectivity index (χ4n) is 3.40. The van der Waals surface area contributed by atoms with Crippen LogP contribution in [-0.4, -0.2) is 56.0 Å². The smallest absolute Gasteiger partial charge is 0.324 e. The molecule has 0 aliphatic carbocycles. The summed E-state index contributed by atoms with van der Waals surface area (Å²) in [7, 11) is 1.76. The van der Waals surface area contributed by atoms with Gasteiger partial charge in [-0.15, -0.1) is 0 Å². The zero-order valence-electron chi connectivity index (χ0n) is 17.2. The van der Waals surface area contributed by atoms with Gasteiger partial charge in [-0.3, -0.25) is 14.5 Å². The quantitative estimate of drug-likeness (QED) is 0.618. The number of aromatic nitrogens is 3. The molecule has 0 saturated carbocycles. The predicted molar refractivity (Wildman–Crippen MR) is 112 cm³/mol. The number of nitrogens with zero attached hydrogens (tertiary/aromatic N) is 5. The maximum absolute atomic E-state index is 12.9. The monoisotopic (exact) mass is 418 g/mol. The van der Waals surface area contributed by atoms with E-state index in [9.17, 15) is 14.4 Å². The molecule has 1 fully saturated rings. The van der Waals surface area contributed by atoms with E-state index in [0.29, 0.717) is 5.56 Å². The SMILES string of the molecule is C[C@H](c1ccc(-n2cncn2)cc1)N(C)C(=O)c1ccc(CN2C(=O)CNC2=O)cc1. The molecule has 9 nitrogen and oxygen atoms in total. The molecule has 3 aromatic rings. The summed E-state index contributed by atoms with van der Waals surface area (Å²) in [6.07, 6.45) is 3.11. The minimum atomic E-state index is -0.395. The van der Waals surface area contributed by atoms with E-state index in [1.165, 1.54) is 6.33 Å². The van der Waals surface area contributed by atoms with Crippen molar-refractivity contribution in [2.24, 2.45) is 0 Å². The molecular formula is C22H22N6O3. The largest absolute Gasteiger partial charge is 0.335 e. The zero-order chi connectivity index (χ0) is 22.0. The van der Waals surface area contributed by atoms with Crippen molar-refractivity contribution in [2.75, 3.05) is 13.6 Å². The summed E-state index contributed by atoms with van der Waals surface area (Å²) in [4.78, 5) is 43.1. The van der Waals surface area contributed by atoms with Crippen LogP contribution in [0, 0.1) is 0 Å². The van der Waals surface area contributed by atoms with Gasteiger partial charge in [-0.05, 0) is 42.3 Å². The molecule has 2 heterocycles. The van der Waals surface area contributed by atoms with Gasteiger partial charge < -0.3 is 10.2 Å². The standard InChI is InChI=1S/C22H22N6O3/c1-15(17-7-9-19(10-8-17)28-14-23-13-25-28)26(2)21(30)18-5-3-16(4-6-18)12-27-20(29)11-24-22(27)31/h3-10,13-15H,11-12H2,1-2H3,(H,24,31)/t15-/m1/s1. The lowest BCUT2D eigenvalue weighted by molar-refractivity contribution is -0.125. The van der Waals surface area contributed by atoms with Gasteiger partial charge in [-0.2, -0.15) is 5.10 Å². The topological polar surface area (TPSA) is 100 Å². The zero-order valence-corrected chi connectivity index (χ0v) is 17.2. The highest BCUT2D eigenvalue weighted by Crippen LogP contribution is 2.22. The number of benzene rings is 2. The highest BCUT2D eigenvalue weighted by Gasteiger charge is 2.28. The van der Waals surface area contributed by atoms with Crippen LogP contribution in [0.25, 0.3) is 5.69 Å². The summed E-state index contributed by atoms with van der Waals surface area (Å²) in [5, 5.41) is 6.60. The van der Waals surface area contributed by atoms with Gasteiger partial charge in [0.05, 0.1) is 24.8 Å². The third-order valence-electron chi connectivity index (χ3n) is 5.44. The highest BCUT2D eigenvalue weighted by molar-refractivity contribution is 6.01. The van der Waals surface area contributed by atoms with Gasteiger partial charge in [0.15, 0.2) is 0 Å². The first-order valence-corrected chi connectivity index (χ1v) is 9.83. The van der Waals surface area contributed by atoms with Crippen molar-refractivity contribution in [2.45, 2.75) is 19.5 Å². The summed E-state index contributed by atoms with van der Waals surface area (Å²) in [6.45, 7) is 2.18. The van der Waals surface area contributed by atoms with E-state index in [-0.39, 0.29) is 30.9 Å². The number of amides is 4. The number of rotatable bonds is 6. The van der Waals surface area contributed by atoms with Crippen molar-refractivity contribution >= 4 is 17.8 Å². The predicted octanol–water partition coefficient (Wildman–Crippen LogP) is 2.15. The lowest BCUT2D eigenvalue weighted by atomic mass is 10.0. The second kappa shape index (κ2) is 8.39. The van der Waals surface area contributed by atoms with E-state index >= 15 is 0 Å². The summed E-state index contributed by atoms with van der Waals surface area (Å²) in [5.41, 5.74) is 3.20.